The van der Waals surface area contributed by atoms with Gasteiger partial charge in [-0.2, -0.15) is 4.98 Å². The standard InChI is InChI=1S/C35H34ClFN6O4S/c1-22-20-38-34(42-32(22)39-27-9-6-10-29(18-27)48(45,46)43-35(2,3)4)41-26-13-11-24(12-14-26)33(44)40-28-15-16-31(30(36)19-28)47-21-23-7-5-8-25(37)17-23/h5-20,43H,21H2,1-4H3,(H,40,44)(H2,38,39,41,42). The third kappa shape index (κ3) is 9.28. The normalized spacial score (nSPS) is 11.5. The summed E-state index contributed by atoms with van der Waals surface area (Å²) in [5, 5.41) is 9.41. The van der Waals surface area contributed by atoms with Crippen molar-refractivity contribution in [3.63, 3.8) is 0 Å². The minimum absolute atomic E-state index is 0.128. The molecule has 1 aromatic heterocycles. The van der Waals surface area contributed by atoms with Crippen LogP contribution in [0.4, 0.5) is 33.2 Å². The predicted molar refractivity (Wildman–Crippen MR) is 186 cm³/mol. The van der Waals surface area contributed by atoms with Gasteiger partial charge in [-0.05, 0) is 106 Å². The van der Waals surface area contributed by atoms with Crippen molar-refractivity contribution in [3.8, 4) is 5.75 Å². The van der Waals surface area contributed by atoms with Gasteiger partial charge in [0.05, 0.1) is 9.92 Å². The number of anilines is 5. The van der Waals surface area contributed by atoms with E-state index < -0.39 is 15.6 Å². The van der Waals surface area contributed by atoms with E-state index >= 15 is 0 Å². The highest BCUT2D eigenvalue weighted by Gasteiger charge is 2.22. The molecular formula is C35H34ClFN6O4S. The molecule has 10 nitrogen and oxygen atoms in total. The van der Waals surface area contributed by atoms with Gasteiger partial charge in [-0.1, -0.05) is 29.8 Å². The van der Waals surface area contributed by atoms with E-state index in [4.69, 9.17) is 16.3 Å². The lowest BCUT2D eigenvalue weighted by Crippen LogP contribution is -2.40. The molecule has 0 saturated heterocycles. The van der Waals surface area contributed by atoms with Crippen LogP contribution in [0.2, 0.25) is 5.02 Å². The molecule has 0 spiro atoms. The number of nitrogens with zero attached hydrogens (tertiary/aromatic N) is 2. The second-order valence-electron chi connectivity index (χ2n) is 12.0. The van der Waals surface area contributed by atoms with Crippen LogP contribution in [0.15, 0.2) is 102 Å². The summed E-state index contributed by atoms with van der Waals surface area (Å²) >= 11 is 6.36. The first-order valence-corrected chi connectivity index (χ1v) is 16.7. The van der Waals surface area contributed by atoms with Crippen LogP contribution >= 0.6 is 11.6 Å². The maximum absolute atomic E-state index is 13.4. The number of aromatic nitrogens is 2. The van der Waals surface area contributed by atoms with Crippen LogP contribution in [-0.4, -0.2) is 29.8 Å². The molecule has 0 fully saturated rings. The monoisotopic (exact) mass is 688 g/mol. The Hall–Kier alpha value is -5.04. The Morgan fingerprint density at radius 2 is 1.62 bits per heavy atom. The number of halogens is 2. The number of amides is 1. The fourth-order valence-corrected chi connectivity index (χ4v) is 6.19. The van der Waals surface area contributed by atoms with Gasteiger partial charge in [0.1, 0.15) is 24.0 Å². The topological polar surface area (TPSA) is 134 Å². The second kappa shape index (κ2) is 14.4. The fraction of sp³-hybridized carbons (Fsp3) is 0.171. The van der Waals surface area contributed by atoms with Crippen molar-refractivity contribution in [1.29, 1.82) is 0 Å². The van der Waals surface area contributed by atoms with Crippen LogP contribution in [0, 0.1) is 12.7 Å². The number of benzene rings is 4. The van der Waals surface area contributed by atoms with Crippen molar-refractivity contribution in [2.24, 2.45) is 0 Å². The van der Waals surface area contributed by atoms with Crippen LogP contribution in [-0.2, 0) is 16.6 Å². The SMILES string of the molecule is Cc1cnc(Nc2ccc(C(=O)Nc3ccc(OCc4cccc(F)c4)c(Cl)c3)cc2)nc1Nc1cccc(S(=O)(=O)NC(C)(C)C)c1. The molecule has 13 heteroatoms. The molecule has 48 heavy (non-hydrogen) atoms. The Morgan fingerprint density at radius 3 is 2.33 bits per heavy atom. The van der Waals surface area contributed by atoms with E-state index in [1.54, 1.807) is 93.7 Å². The molecule has 0 aliphatic carbocycles. The molecular weight excluding hydrogens is 655 g/mol. The highest BCUT2D eigenvalue weighted by Crippen LogP contribution is 2.29. The molecule has 5 rings (SSSR count). The number of aryl methyl sites for hydroxylation is 1. The molecule has 0 radical (unpaired) electrons. The van der Waals surface area contributed by atoms with E-state index in [-0.39, 0.29) is 23.2 Å². The predicted octanol–water partition coefficient (Wildman–Crippen LogP) is 7.97. The Morgan fingerprint density at radius 1 is 0.896 bits per heavy atom. The summed E-state index contributed by atoms with van der Waals surface area (Å²) in [5.41, 5.74) is 2.86. The summed E-state index contributed by atoms with van der Waals surface area (Å²) in [4.78, 5) is 22.0. The molecule has 0 saturated carbocycles. The van der Waals surface area contributed by atoms with Gasteiger partial charge in [-0.3, -0.25) is 4.79 Å². The van der Waals surface area contributed by atoms with Gasteiger partial charge in [-0.25, -0.2) is 22.5 Å². The lowest BCUT2D eigenvalue weighted by Gasteiger charge is -2.20. The van der Waals surface area contributed by atoms with Crippen LogP contribution < -0.4 is 25.4 Å². The van der Waals surface area contributed by atoms with Gasteiger partial charge in [0.2, 0.25) is 16.0 Å². The fourth-order valence-electron chi connectivity index (χ4n) is 4.49. The maximum atomic E-state index is 13.4. The maximum Gasteiger partial charge on any atom is 0.255 e. The van der Waals surface area contributed by atoms with Crippen molar-refractivity contribution in [2.75, 3.05) is 16.0 Å². The molecule has 0 bridgehead atoms. The summed E-state index contributed by atoms with van der Waals surface area (Å²) < 4.78 is 47.4. The lowest BCUT2D eigenvalue weighted by atomic mass is 10.1. The number of sulfonamides is 1. The Bertz CT molecular complexity index is 2050. The summed E-state index contributed by atoms with van der Waals surface area (Å²) in [5.74, 6) is 0.505. The Labute approximate surface area is 283 Å². The molecule has 1 heterocycles. The van der Waals surface area contributed by atoms with Gasteiger partial charge in [0.25, 0.3) is 5.91 Å². The first-order chi connectivity index (χ1) is 22.7. The summed E-state index contributed by atoms with van der Waals surface area (Å²) in [6.45, 7) is 7.32. The molecule has 1 amide bonds. The molecule has 0 unspecified atom stereocenters. The van der Waals surface area contributed by atoms with Crippen LogP contribution in [0.3, 0.4) is 0 Å². The number of hydrogen-bond donors (Lipinski definition) is 4. The zero-order valence-corrected chi connectivity index (χ0v) is 28.2. The van der Waals surface area contributed by atoms with Gasteiger partial charge in [0, 0.05) is 39.9 Å². The van der Waals surface area contributed by atoms with Crippen molar-refractivity contribution in [1.82, 2.24) is 14.7 Å². The average molecular weight is 689 g/mol. The van der Waals surface area contributed by atoms with E-state index in [0.717, 1.165) is 5.56 Å². The Balaban J connectivity index is 1.20. The molecule has 4 N–H and O–H groups in total. The van der Waals surface area contributed by atoms with Crippen molar-refractivity contribution >= 4 is 56.4 Å². The minimum atomic E-state index is -3.72. The number of hydrogen-bond acceptors (Lipinski definition) is 8. The third-order valence-electron chi connectivity index (χ3n) is 6.70. The lowest BCUT2D eigenvalue weighted by molar-refractivity contribution is 0.102. The third-order valence-corrected chi connectivity index (χ3v) is 8.75. The van der Waals surface area contributed by atoms with Gasteiger partial charge >= 0.3 is 0 Å². The average Bonchev–Trinajstić information content (AvgIpc) is 3.02. The number of ether oxygens (including phenoxy) is 1. The molecule has 0 aliphatic heterocycles. The molecule has 4 aromatic carbocycles. The van der Waals surface area contributed by atoms with Gasteiger partial charge in [-0.15, -0.1) is 0 Å². The first kappa shape index (κ1) is 34.3. The summed E-state index contributed by atoms with van der Waals surface area (Å²) in [6, 6.07) is 24.2. The number of carbonyl (C=O) groups is 1. The molecule has 248 valence electrons. The van der Waals surface area contributed by atoms with Crippen LogP contribution in [0.25, 0.3) is 0 Å². The van der Waals surface area contributed by atoms with E-state index in [1.165, 1.54) is 24.3 Å². The number of nitrogens with one attached hydrogen (secondary N) is 4. The highest BCUT2D eigenvalue weighted by atomic mass is 35.5. The highest BCUT2D eigenvalue weighted by molar-refractivity contribution is 7.89. The smallest absolute Gasteiger partial charge is 0.255 e. The van der Waals surface area contributed by atoms with Crippen LogP contribution in [0.1, 0.15) is 42.3 Å². The summed E-state index contributed by atoms with van der Waals surface area (Å²) in [7, 11) is -3.72. The quantitative estimate of drug-likeness (QED) is 0.110. The van der Waals surface area contributed by atoms with E-state index in [9.17, 15) is 17.6 Å². The molecule has 0 aliphatic rings. The van der Waals surface area contributed by atoms with E-state index in [1.807, 2.05) is 6.92 Å². The Kier molecular flexibility index (Phi) is 10.3. The zero-order chi connectivity index (χ0) is 34.5. The van der Waals surface area contributed by atoms with Crippen molar-refractivity contribution in [2.45, 2.75) is 44.7 Å². The van der Waals surface area contributed by atoms with E-state index in [0.29, 0.717) is 50.7 Å². The van der Waals surface area contributed by atoms with Gasteiger partial charge < -0.3 is 20.7 Å². The summed E-state index contributed by atoms with van der Waals surface area (Å²) in [6.07, 6.45) is 1.64. The van der Waals surface area contributed by atoms with E-state index in [2.05, 4.69) is 30.6 Å². The molecule has 5 aromatic rings. The van der Waals surface area contributed by atoms with Crippen molar-refractivity contribution in [3.05, 3.63) is 125 Å². The minimum Gasteiger partial charge on any atom is -0.487 e. The number of carbonyl (C=O) groups excluding carboxylic acids is 1. The van der Waals surface area contributed by atoms with Gasteiger partial charge in [0.15, 0.2) is 0 Å². The zero-order valence-electron chi connectivity index (χ0n) is 26.6. The van der Waals surface area contributed by atoms with Crippen molar-refractivity contribution < 1.29 is 22.3 Å². The largest absolute Gasteiger partial charge is 0.487 e. The second-order valence-corrected chi connectivity index (χ2v) is 14.0. The van der Waals surface area contributed by atoms with Crippen LogP contribution in [0.5, 0.6) is 5.75 Å². The molecule has 0 atom stereocenters. The number of rotatable bonds is 11. The first-order valence-electron chi connectivity index (χ1n) is 14.8.